The highest BCUT2D eigenvalue weighted by Crippen LogP contribution is 2.32. The van der Waals surface area contributed by atoms with Gasteiger partial charge in [-0.1, -0.05) is 44.2 Å². The van der Waals surface area contributed by atoms with E-state index in [0.717, 1.165) is 37.4 Å². The minimum absolute atomic E-state index is 0.155. The van der Waals surface area contributed by atoms with E-state index >= 15 is 0 Å². The maximum atomic E-state index is 12.6. The minimum atomic E-state index is 0.155. The Morgan fingerprint density at radius 3 is 2.83 bits per heavy atom. The number of hydrogen-bond acceptors (Lipinski definition) is 1. The van der Waals surface area contributed by atoms with Crippen LogP contribution in [-0.4, -0.2) is 17.8 Å². The third-order valence-electron chi connectivity index (χ3n) is 5.35. The van der Waals surface area contributed by atoms with E-state index in [4.69, 9.17) is 11.6 Å². The van der Waals surface area contributed by atoms with Crippen molar-refractivity contribution in [3.8, 4) is 0 Å². The molecule has 0 radical (unpaired) electrons. The number of hydrogen-bond donors (Lipinski definition) is 0. The topological polar surface area (TPSA) is 20.3 Å². The van der Waals surface area contributed by atoms with Gasteiger partial charge in [0.2, 0.25) is 5.91 Å². The number of rotatable bonds is 5. The van der Waals surface area contributed by atoms with E-state index in [2.05, 4.69) is 18.2 Å². The summed E-state index contributed by atoms with van der Waals surface area (Å²) in [5.74, 6) is 1.09. The summed E-state index contributed by atoms with van der Waals surface area (Å²) in [6.07, 6.45) is 10.4. The lowest BCUT2D eigenvalue weighted by Crippen LogP contribution is -2.29. The van der Waals surface area contributed by atoms with E-state index < -0.39 is 0 Å². The van der Waals surface area contributed by atoms with Crippen molar-refractivity contribution >= 4 is 23.2 Å². The van der Waals surface area contributed by atoms with Crippen LogP contribution in [-0.2, 0) is 17.6 Å². The molecule has 1 aliphatic heterocycles. The van der Waals surface area contributed by atoms with Crippen LogP contribution in [0.3, 0.4) is 0 Å². The normalized spacial score (nSPS) is 19.7. The van der Waals surface area contributed by atoms with Crippen molar-refractivity contribution in [3.05, 3.63) is 29.3 Å². The largest absolute Gasteiger partial charge is 0.312 e. The quantitative estimate of drug-likeness (QED) is 0.686. The average molecular weight is 334 g/mol. The second-order valence-electron chi connectivity index (χ2n) is 7.29. The van der Waals surface area contributed by atoms with Crippen molar-refractivity contribution in [1.82, 2.24) is 0 Å². The van der Waals surface area contributed by atoms with Gasteiger partial charge in [-0.2, -0.15) is 0 Å². The third kappa shape index (κ3) is 4.29. The summed E-state index contributed by atoms with van der Waals surface area (Å²) < 4.78 is 0. The number of carbonyl (C=O) groups excluding carboxylic acids is 1. The molecule has 1 saturated carbocycles. The Labute approximate surface area is 145 Å². The second kappa shape index (κ2) is 7.70. The van der Waals surface area contributed by atoms with Crippen LogP contribution in [0, 0.1) is 5.92 Å². The summed E-state index contributed by atoms with van der Waals surface area (Å²) in [7, 11) is 0. The molecule has 2 nitrogen and oxygen atoms in total. The van der Waals surface area contributed by atoms with E-state index in [1.54, 1.807) is 0 Å². The molecule has 3 rings (SSSR count). The van der Waals surface area contributed by atoms with Crippen molar-refractivity contribution in [2.24, 2.45) is 5.92 Å². The molecule has 23 heavy (non-hydrogen) atoms. The highest BCUT2D eigenvalue weighted by Gasteiger charge is 2.25. The summed E-state index contributed by atoms with van der Waals surface area (Å²) >= 11 is 6.09. The first-order valence-electron chi connectivity index (χ1n) is 9.19. The Hall–Kier alpha value is -1.02. The van der Waals surface area contributed by atoms with Crippen LogP contribution in [0.25, 0.3) is 0 Å². The van der Waals surface area contributed by atoms with Crippen molar-refractivity contribution < 1.29 is 4.79 Å². The Balaban J connectivity index is 1.59. The fourth-order valence-corrected chi connectivity index (χ4v) is 4.28. The molecule has 0 aromatic heterocycles. The summed E-state index contributed by atoms with van der Waals surface area (Å²) in [5.41, 5.74) is 3.72. The van der Waals surface area contributed by atoms with Gasteiger partial charge in [0.1, 0.15) is 0 Å². The smallest absolute Gasteiger partial charge is 0.227 e. The second-order valence-corrected chi connectivity index (χ2v) is 8.03. The fraction of sp³-hybridized carbons (Fsp3) is 0.650. The lowest BCUT2D eigenvalue weighted by molar-refractivity contribution is -0.118. The van der Waals surface area contributed by atoms with Gasteiger partial charge < -0.3 is 4.90 Å². The number of fused-ring (bicyclic) bond motifs is 1. The number of amides is 1. The van der Waals surface area contributed by atoms with Gasteiger partial charge in [-0.15, -0.1) is 11.6 Å². The zero-order chi connectivity index (χ0) is 16.2. The Bertz CT molecular complexity index is 549. The predicted molar refractivity (Wildman–Crippen MR) is 97.3 cm³/mol. The molecule has 1 unspecified atom stereocenters. The third-order valence-corrected chi connectivity index (χ3v) is 5.50. The number of carbonyl (C=O) groups is 1. The molecule has 1 aromatic carbocycles. The zero-order valence-electron chi connectivity index (χ0n) is 14.2. The van der Waals surface area contributed by atoms with Crippen molar-refractivity contribution in [2.75, 3.05) is 11.4 Å². The van der Waals surface area contributed by atoms with Crippen LogP contribution in [0.5, 0.6) is 0 Å². The molecule has 1 aromatic rings. The number of alkyl halides is 1. The van der Waals surface area contributed by atoms with Gasteiger partial charge in [0.25, 0.3) is 0 Å². The van der Waals surface area contributed by atoms with Gasteiger partial charge in [-0.25, -0.2) is 0 Å². The number of anilines is 1. The lowest BCUT2D eigenvalue weighted by atomic mass is 9.86. The molecule has 0 saturated heterocycles. The van der Waals surface area contributed by atoms with Crippen molar-refractivity contribution in [2.45, 2.75) is 70.1 Å². The highest BCUT2D eigenvalue weighted by atomic mass is 35.5. The van der Waals surface area contributed by atoms with E-state index in [-0.39, 0.29) is 5.38 Å². The first kappa shape index (κ1) is 16.8. The maximum Gasteiger partial charge on any atom is 0.227 e. The molecule has 2 aliphatic rings. The fourth-order valence-electron chi connectivity index (χ4n) is 4.10. The van der Waals surface area contributed by atoms with Gasteiger partial charge in [-0.05, 0) is 49.3 Å². The molecule has 3 heteroatoms. The molecule has 126 valence electrons. The van der Waals surface area contributed by atoms with E-state index in [9.17, 15) is 4.79 Å². The predicted octanol–water partition coefficient (Wildman–Crippen LogP) is 5.11. The van der Waals surface area contributed by atoms with Gasteiger partial charge in [0.05, 0.1) is 0 Å². The molecule has 1 amide bonds. The molecule has 0 spiro atoms. The SMILES string of the molecule is CC(Cl)Cc1ccc2c(c1)CCN2C(=O)CCC1CCCCC1. The Morgan fingerprint density at radius 1 is 1.30 bits per heavy atom. The van der Waals surface area contributed by atoms with Gasteiger partial charge in [-0.3, -0.25) is 4.79 Å². The first-order valence-corrected chi connectivity index (χ1v) is 9.63. The Morgan fingerprint density at radius 2 is 2.09 bits per heavy atom. The van der Waals surface area contributed by atoms with Crippen LogP contribution in [0.1, 0.15) is 63.0 Å². The van der Waals surface area contributed by atoms with E-state index in [1.165, 1.54) is 43.2 Å². The van der Waals surface area contributed by atoms with Crippen LogP contribution >= 0.6 is 11.6 Å². The molecular weight excluding hydrogens is 306 g/mol. The average Bonchev–Trinajstić information content (AvgIpc) is 2.96. The monoisotopic (exact) mass is 333 g/mol. The van der Waals surface area contributed by atoms with Crippen LogP contribution in [0.15, 0.2) is 18.2 Å². The summed E-state index contributed by atoms with van der Waals surface area (Å²) in [6.45, 7) is 2.87. The molecule has 1 aliphatic carbocycles. The van der Waals surface area contributed by atoms with Crippen LogP contribution < -0.4 is 4.90 Å². The molecule has 1 fully saturated rings. The molecule has 1 heterocycles. The van der Waals surface area contributed by atoms with Gasteiger partial charge in [0, 0.05) is 24.0 Å². The number of halogens is 1. The van der Waals surface area contributed by atoms with Gasteiger partial charge in [0.15, 0.2) is 0 Å². The summed E-state index contributed by atoms with van der Waals surface area (Å²) in [5, 5.41) is 0.155. The first-order chi connectivity index (χ1) is 11.1. The van der Waals surface area contributed by atoms with Crippen LogP contribution in [0.2, 0.25) is 0 Å². The molecule has 1 atom stereocenters. The lowest BCUT2D eigenvalue weighted by Gasteiger charge is -2.23. The number of nitrogens with zero attached hydrogens (tertiary/aromatic N) is 1. The molecule has 0 N–H and O–H groups in total. The molecule has 0 bridgehead atoms. The maximum absolute atomic E-state index is 12.6. The van der Waals surface area contributed by atoms with E-state index in [0.29, 0.717) is 12.3 Å². The summed E-state index contributed by atoms with van der Waals surface area (Å²) in [6, 6.07) is 6.49. The highest BCUT2D eigenvalue weighted by molar-refractivity contribution is 6.20. The standard InChI is InChI=1S/C20H28ClNO/c1-15(21)13-17-7-9-19-18(14-17)11-12-22(19)20(23)10-8-16-5-3-2-4-6-16/h7,9,14-16H,2-6,8,10-13H2,1H3. The molecular formula is C20H28ClNO. The number of benzene rings is 1. The Kier molecular flexibility index (Phi) is 5.63. The van der Waals surface area contributed by atoms with Crippen molar-refractivity contribution in [3.63, 3.8) is 0 Å². The van der Waals surface area contributed by atoms with E-state index in [1.807, 2.05) is 11.8 Å². The zero-order valence-corrected chi connectivity index (χ0v) is 14.9. The van der Waals surface area contributed by atoms with Crippen molar-refractivity contribution in [1.29, 1.82) is 0 Å². The summed E-state index contributed by atoms with van der Waals surface area (Å²) in [4.78, 5) is 14.6. The van der Waals surface area contributed by atoms with Crippen LogP contribution in [0.4, 0.5) is 5.69 Å². The minimum Gasteiger partial charge on any atom is -0.312 e. The van der Waals surface area contributed by atoms with Gasteiger partial charge >= 0.3 is 0 Å².